The highest BCUT2D eigenvalue weighted by Crippen LogP contribution is 2.35. The smallest absolute Gasteiger partial charge is 0.249 e. The van der Waals surface area contributed by atoms with Gasteiger partial charge in [-0.1, -0.05) is 0 Å². The maximum atomic E-state index is 12.6. The highest BCUT2D eigenvalue weighted by Gasteiger charge is 2.36. The van der Waals surface area contributed by atoms with Crippen molar-refractivity contribution in [2.75, 3.05) is 0 Å². The van der Waals surface area contributed by atoms with Gasteiger partial charge in [0, 0.05) is 6.20 Å². The van der Waals surface area contributed by atoms with Crippen LogP contribution in [0.5, 0.6) is 0 Å². The van der Waals surface area contributed by atoms with E-state index in [2.05, 4.69) is 20.9 Å². The normalized spacial score (nSPS) is 11.8. The number of nitrogens with zero attached hydrogens (tertiary/aromatic N) is 1. The second-order valence-electron chi connectivity index (χ2n) is 1.96. The minimum absolute atomic E-state index is 0.532. The molecule has 0 saturated heterocycles. The Morgan fingerprint density at radius 3 is 2.25 bits per heavy atom. The van der Waals surface area contributed by atoms with E-state index in [1.54, 1.807) is 0 Å². The van der Waals surface area contributed by atoms with Crippen LogP contribution in [-0.2, 0) is 6.18 Å². The summed E-state index contributed by atoms with van der Waals surface area (Å²) in [5, 5.41) is 0. The summed E-state index contributed by atoms with van der Waals surface area (Å²) in [6.45, 7) is 0. The van der Waals surface area contributed by atoms with Gasteiger partial charge >= 0.3 is 6.18 Å². The highest BCUT2D eigenvalue weighted by atomic mass is 79.9. The predicted octanol–water partition coefficient (Wildman–Crippen LogP) is 3.00. The van der Waals surface area contributed by atoms with Gasteiger partial charge in [-0.3, -0.25) is 0 Å². The first-order chi connectivity index (χ1) is 5.43. The van der Waals surface area contributed by atoms with Gasteiger partial charge in [-0.2, -0.15) is 13.2 Å². The zero-order valence-corrected chi connectivity index (χ0v) is 7.08. The quantitative estimate of drug-likeness (QED) is 0.505. The molecule has 0 fully saturated rings. The summed E-state index contributed by atoms with van der Waals surface area (Å²) < 4.78 is 48.0. The summed E-state index contributed by atoms with van der Waals surface area (Å²) in [6.07, 6.45) is -3.76. The highest BCUT2D eigenvalue weighted by molar-refractivity contribution is 9.10. The first kappa shape index (κ1) is 9.44. The molecule has 12 heavy (non-hydrogen) atoms. The van der Waals surface area contributed by atoms with Crippen LogP contribution in [-0.4, -0.2) is 4.98 Å². The standard InChI is InChI=1S/C6H2BrF4N/c7-5-4(6(9,10)11)3(8)1-2-12-5/h1-2H. The summed E-state index contributed by atoms with van der Waals surface area (Å²) in [5.41, 5.74) is -1.37. The Bertz CT molecular complexity index is 276. The molecule has 0 aromatic carbocycles. The van der Waals surface area contributed by atoms with Crippen LogP contribution in [0.15, 0.2) is 16.9 Å². The molecule has 0 bridgehead atoms. The molecule has 0 unspecified atom stereocenters. The van der Waals surface area contributed by atoms with Crippen LogP contribution in [0.1, 0.15) is 5.56 Å². The van der Waals surface area contributed by atoms with E-state index in [9.17, 15) is 17.6 Å². The number of hydrogen-bond donors (Lipinski definition) is 0. The third kappa shape index (κ3) is 1.74. The van der Waals surface area contributed by atoms with Gasteiger partial charge in [0.2, 0.25) is 0 Å². The maximum Gasteiger partial charge on any atom is 0.421 e. The topological polar surface area (TPSA) is 12.9 Å². The van der Waals surface area contributed by atoms with E-state index in [0.717, 1.165) is 6.20 Å². The Morgan fingerprint density at radius 2 is 1.92 bits per heavy atom. The molecule has 0 aliphatic heterocycles. The molecule has 0 aliphatic rings. The van der Waals surface area contributed by atoms with Crippen molar-refractivity contribution in [1.29, 1.82) is 0 Å². The van der Waals surface area contributed by atoms with Gasteiger partial charge in [0.25, 0.3) is 0 Å². The number of pyridine rings is 1. The van der Waals surface area contributed by atoms with Crippen LogP contribution >= 0.6 is 15.9 Å². The molecule has 1 aromatic rings. The lowest BCUT2D eigenvalue weighted by Crippen LogP contribution is -2.09. The number of aromatic nitrogens is 1. The first-order valence-electron chi connectivity index (χ1n) is 2.80. The molecule has 0 amide bonds. The number of hydrogen-bond acceptors (Lipinski definition) is 1. The molecule has 1 aromatic heterocycles. The largest absolute Gasteiger partial charge is 0.421 e. The Morgan fingerprint density at radius 1 is 1.33 bits per heavy atom. The van der Waals surface area contributed by atoms with Gasteiger partial charge in [0.1, 0.15) is 16.0 Å². The summed E-state index contributed by atoms with van der Waals surface area (Å²) in [4.78, 5) is 3.26. The minimum Gasteiger partial charge on any atom is -0.249 e. The van der Waals surface area contributed by atoms with Crippen molar-refractivity contribution in [1.82, 2.24) is 4.98 Å². The molecule has 0 radical (unpaired) electrons. The lowest BCUT2D eigenvalue weighted by molar-refractivity contribution is -0.140. The molecule has 1 heterocycles. The van der Waals surface area contributed by atoms with E-state index >= 15 is 0 Å². The van der Waals surface area contributed by atoms with Crippen LogP contribution in [0.3, 0.4) is 0 Å². The molecule has 1 rings (SSSR count). The van der Waals surface area contributed by atoms with Crippen molar-refractivity contribution in [3.8, 4) is 0 Å². The van der Waals surface area contributed by atoms with E-state index in [1.165, 1.54) is 0 Å². The van der Waals surface area contributed by atoms with Crippen molar-refractivity contribution < 1.29 is 17.6 Å². The number of halogens is 5. The number of alkyl halides is 3. The van der Waals surface area contributed by atoms with Gasteiger partial charge < -0.3 is 0 Å². The second-order valence-corrected chi connectivity index (χ2v) is 2.71. The van der Waals surface area contributed by atoms with Crippen LogP contribution in [0, 0.1) is 5.82 Å². The molecular weight excluding hydrogens is 242 g/mol. The maximum absolute atomic E-state index is 12.6. The summed E-state index contributed by atoms with van der Waals surface area (Å²) >= 11 is 2.51. The van der Waals surface area contributed by atoms with Crippen LogP contribution in [0.2, 0.25) is 0 Å². The number of rotatable bonds is 0. The van der Waals surface area contributed by atoms with Gasteiger partial charge in [0.05, 0.1) is 0 Å². The minimum atomic E-state index is -4.71. The lowest BCUT2D eigenvalue weighted by atomic mass is 10.3. The van der Waals surface area contributed by atoms with Crippen molar-refractivity contribution >= 4 is 15.9 Å². The van der Waals surface area contributed by atoms with Gasteiger partial charge in [-0.05, 0) is 22.0 Å². The first-order valence-corrected chi connectivity index (χ1v) is 3.59. The monoisotopic (exact) mass is 243 g/mol. The second kappa shape index (κ2) is 3.01. The Kier molecular flexibility index (Phi) is 2.36. The Hall–Kier alpha value is -0.650. The molecule has 0 atom stereocenters. The van der Waals surface area contributed by atoms with Gasteiger partial charge in [-0.15, -0.1) is 0 Å². The third-order valence-electron chi connectivity index (χ3n) is 1.14. The fourth-order valence-electron chi connectivity index (χ4n) is 0.667. The zero-order chi connectivity index (χ0) is 9.35. The summed E-state index contributed by atoms with van der Waals surface area (Å²) in [7, 11) is 0. The van der Waals surface area contributed by atoms with Gasteiger partial charge in [-0.25, -0.2) is 9.37 Å². The lowest BCUT2D eigenvalue weighted by Gasteiger charge is -2.08. The van der Waals surface area contributed by atoms with Crippen molar-refractivity contribution in [3.63, 3.8) is 0 Å². The zero-order valence-electron chi connectivity index (χ0n) is 5.49. The fraction of sp³-hybridized carbons (Fsp3) is 0.167. The van der Waals surface area contributed by atoms with Crippen molar-refractivity contribution in [3.05, 3.63) is 28.2 Å². The predicted molar refractivity (Wildman–Crippen MR) is 36.9 cm³/mol. The molecule has 1 nitrogen and oxygen atoms in total. The van der Waals surface area contributed by atoms with Crippen LogP contribution < -0.4 is 0 Å². The summed E-state index contributed by atoms with van der Waals surface area (Å²) in [6, 6.07) is 0.660. The fourth-order valence-corrected chi connectivity index (χ4v) is 1.20. The van der Waals surface area contributed by atoms with E-state index in [-0.39, 0.29) is 0 Å². The molecule has 0 N–H and O–H groups in total. The van der Waals surface area contributed by atoms with E-state index < -0.39 is 22.2 Å². The summed E-state index contributed by atoms with van der Waals surface area (Å²) in [5.74, 6) is -1.33. The SMILES string of the molecule is Fc1ccnc(Br)c1C(F)(F)F. The molecule has 0 spiro atoms. The molecule has 6 heteroatoms. The van der Waals surface area contributed by atoms with E-state index in [1.807, 2.05) is 0 Å². The van der Waals surface area contributed by atoms with E-state index in [4.69, 9.17) is 0 Å². The third-order valence-corrected chi connectivity index (χ3v) is 1.74. The molecular formula is C6H2BrF4N. The van der Waals surface area contributed by atoms with E-state index in [0.29, 0.717) is 6.07 Å². The van der Waals surface area contributed by atoms with Crippen molar-refractivity contribution in [2.24, 2.45) is 0 Å². The molecule has 0 saturated carbocycles. The van der Waals surface area contributed by atoms with Crippen LogP contribution in [0.4, 0.5) is 17.6 Å². The van der Waals surface area contributed by atoms with Crippen LogP contribution in [0.25, 0.3) is 0 Å². The molecule has 0 aliphatic carbocycles. The molecule has 66 valence electrons. The van der Waals surface area contributed by atoms with Crippen molar-refractivity contribution in [2.45, 2.75) is 6.18 Å². The Balaban J connectivity index is 3.31. The average molecular weight is 244 g/mol. The average Bonchev–Trinajstić information content (AvgIpc) is 1.82. The van der Waals surface area contributed by atoms with Gasteiger partial charge in [0.15, 0.2) is 0 Å². The Labute approximate surface area is 73.5 Å².